The van der Waals surface area contributed by atoms with E-state index < -0.39 is 0 Å². The summed E-state index contributed by atoms with van der Waals surface area (Å²) in [6.07, 6.45) is 4.47. The Hall–Kier alpha value is -2.37. The molecule has 134 valence electrons. The van der Waals surface area contributed by atoms with Crippen LogP contribution in [0.4, 0.5) is 0 Å². The number of carbonyl (C=O) groups excluding carboxylic acids is 1. The molecule has 0 spiro atoms. The van der Waals surface area contributed by atoms with Crippen LogP contribution in [0, 0.1) is 13.8 Å². The van der Waals surface area contributed by atoms with E-state index in [1.165, 1.54) is 6.42 Å². The fourth-order valence-corrected chi connectivity index (χ4v) is 3.20. The van der Waals surface area contributed by atoms with Crippen molar-refractivity contribution in [3.63, 3.8) is 0 Å². The Balaban J connectivity index is 1.59. The van der Waals surface area contributed by atoms with Gasteiger partial charge in [0.1, 0.15) is 11.6 Å². The average molecular weight is 342 g/mol. The Labute approximate surface area is 148 Å². The first-order valence-electron chi connectivity index (χ1n) is 8.96. The fourth-order valence-electron chi connectivity index (χ4n) is 3.20. The van der Waals surface area contributed by atoms with Crippen molar-refractivity contribution in [2.45, 2.75) is 59.0 Å². The summed E-state index contributed by atoms with van der Waals surface area (Å²) in [7, 11) is 0. The highest BCUT2D eigenvalue weighted by Crippen LogP contribution is 2.21. The second kappa shape index (κ2) is 7.68. The lowest BCUT2D eigenvalue weighted by atomic mass is 10.1. The summed E-state index contributed by atoms with van der Waals surface area (Å²) in [6, 6.07) is 5.66. The minimum absolute atomic E-state index is 0.00434. The number of amides is 1. The van der Waals surface area contributed by atoms with Gasteiger partial charge in [-0.2, -0.15) is 0 Å². The average Bonchev–Trinajstić information content (AvgIpc) is 2.85. The summed E-state index contributed by atoms with van der Waals surface area (Å²) in [6.45, 7) is 6.89. The molecule has 6 nitrogen and oxygen atoms in total. The molecule has 1 aromatic carbocycles. The van der Waals surface area contributed by atoms with E-state index in [9.17, 15) is 4.79 Å². The number of ether oxygens (including phenoxy) is 1. The van der Waals surface area contributed by atoms with Gasteiger partial charge in [-0.05, 0) is 50.8 Å². The van der Waals surface area contributed by atoms with Gasteiger partial charge in [-0.1, -0.05) is 18.6 Å². The van der Waals surface area contributed by atoms with Gasteiger partial charge in [0.05, 0.1) is 6.04 Å². The molecule has 0 fully saturated rings. The predicted molar refractivity (Wildman–Crippen MR) is 95.5 cm³/mol. The molecule has 1 N–H and O–H groups in total. The van der Waals surface area contributed by atoms with Crippen LogP contribution in [-0.2, 0) is 17.8 Å². The molecule has 1 atom stereocenters. The van der Waals surface area contributed by atoms with Crippen molar-refractivity contribution in [1.29, 1.82) is 0 Å². The predicted octanol–water partition coefficient (Wildman–Crippen LogP) is 2.88. The lowest BCUT2D eigenvalue weighted by Gasteiger charge is -2.16. The first-order valence-corrected chi connectivity index (χ1v) is 8.96. The SMILES string of the molecule is Cc1cccc(OCC(=O)N[C@@H](C)c2nnc3n2CCCCC3)c1C. The summed E-state index contributed by atoms with van der Waals surface area (Å²) in [5.41, 5.74) is 2.21. The lowest BCUT2D eigenvalue weighted by molar-refractivity contribution is -0.123. The highest BCUT2D eigenvalue weighted by atomic mass is 16.5. The number of hydrogen-bond acceptors (Lipinski definition) is 4. The molecule has 0 saturated heterocycles. The first-order chi connectivity index (χ1) is 12.1. The van der Waals surface area contributed by atoms with Gasteiger partial charge in [0, 0.05) is 13.0 Å². The second-order valence-corrected chi connectivity index (χ2v) is 6.71. The van der Waals surface area contributed by atoms with Gasteiger partial charge in [-0.15, -0.1) is 10.2 Å². The Morgan fingerprint density at radius 2 is 2.12 bits per heavy atom. The molecule has 1 aromatic heterocycles. The van der Waals surface area contributed by atoms with E-state index in [1.807, 2.05) is 39.0 Å². The van der Waals surface area contributed by atoms with Crippen molar-refractivity contribution in [3.05, 3.63) is 41.0 Å². The van der Waals surface area contributed by atoms with E-state index in [0.717, 1.165) is 54.3 Å². The van der Waals surface area contributed by atoms with Gasteiger partial charge in [0.25, 0.3) is 5.91 Å². The molecular formula is C19H26N4O2. The summed E-state index contributed by atoms with van der Waals surface area (Å²) >= 11 is 0. The Kier molecular flexibility index (Phi) is 5.36. The van der Waals surface area contributed by atoms with E-state index in [2.05, 4.69) is 20.1 Å². The van der Waals surface area contributed by atoms with Crippen LogP contribution in [0.1, 0.15) is 55.0 Å². The number of aromatic nitrogens is 3. The van der Waals surface area contributed by atoms with Crippen LogP contribution in [-0.4, -0.2) is 27.3 Å². The molecule has 0 bridgehead atoms. The Bertz CT molecular complexity index is 754. The number of rotatable bonds is 5. The van der Waals surface area contributed by atoms with Crippen molar-refractivity contribution in [3.8, 4) is 5.75 Å². The zero-order chi connectivity index (χ0) is 17.8. The summed E-state index contributed by atoms with van der Waals surface area (Å²) in [5.74, 6) is 2.45. The maximum absolute atomic E-state index is 12.3. The minimum atomic E-state index is -0.186. The van der Waals surface area contributed by atoms with Crippen LogP contribution < -0.4 is 10.1 Å². The van der Waals surface area contributed by atoms with Crippen molar-refractivity contribution in [2.75, 3.05) is 6.61 Å². The molecule has 3 rings (SSSR count). The third-order valence-corrected chi connectivity index (χ3v) is 4.82. The van der Waals surface area contributed by atoms with E-state index in [-0.39, 0.29) is 18.6 Å². The third kappa shape index (κ3) is 4.00. The normalized spacial score (nSPS) is 15.2. The van der Waals surface area contributed by atoms with Crippen molar-refractivity contribution in [2.24, 2.45) is 0 Å². The van der Waals surface area contributed by atoms with Gasteiger partial charge in [0.2, 0.25) is 0 Å². The van der Waals surface area contributed by atoms with Crippen LogP contribution in [0.25, 0.3) is 0 Å². The zero-order valence-corrected chi connectivity index (χ0v) is 15.2. The van der Waals surface area contributed by atoms with Crippen LogP contribution in [0.2, 0.25) is 0 Å². The van der Waals surface area contributed by atoms with Gasteiger partial charge in [-0.25, -0.2) is 0 Å². The standard InChI is InChI=1S/C19H26N4O2/c1-13-8-7-9-16(14(13)2)25-12-18(24)20-15(3)19-22-21-17-10-5-4-6-11-23(17)19/h7-9,15H,4-6,10-12H2,1-3H3,(H,20,24)/t15-/m0/s1. The van der Waals surface area contributed by atoms with E-state index in [1.54, 1.807) is 0 Å². The monoisotopic (exact) mass is 342 g/mol. The maximum atomic E-state index is 12.3. The molecule has 2 aromatic rings. The molecule has 0 aliphatic carbocycles. The number of nitrogens with one attached hydrogen (secondary N) is 1. The van der Waals surface area contributed by atoms with Gasteiger partial charge in [-0.3, -0.25) is 4.79 Å². The van der Waals surface area contributed by atoms with E-state index in [0.29, 0.717) is 0 Å². The number of hydrogen-bond donors (Lipinski definition) is 1. The number of fused-ring (bicyclic) bond motifs is 1. The maximum Gasteiger partial charge on any atom is 0.258 e. The summed E-state index contributed by atoms with van der Waals surface area (Å²) in [5, 5.41) is 11.6. The van der Waals surface area contributed by atoms with Crippen LogP contribution in [0.5, 0.6) is 5.75 Å². The van der Waals surface area contributed by atoms with Crippen LogP contribution in [0.15, 0.2) is 18.2 Å². The smallest absolute Gasteiger partial charge is 0.258 e. The Morgan fingerprint density at radius 3 is 2.96 bits per heavy atom. The molecule has 0 saturated carbocycles. The van der Waals surface area contributed by atoms with Crippen molar-refractivity contribution in [1.82, 2.24) is 20.1 Å². The third-order valence-electron chi connectivity index (χ3n) is 4.82. The molecule has 2 heterocycles. The van der Waals surface area contributed by atoms with Crippen molar-refractivity contribution >= 4 is 5.91 Å². The molecule has 6 heteroatoms. The zero-order valence-electron chi connectivity index (χ0n) is 15.2. The molecular weight excluding hydrogens is 316 g/mol. The lowest BCUT2D eigenvalue weighted by Crippen LogP contribution is -2.33. The van der Waals surface area contributed by atoms with E-state index in [4.69, 9.17) is 4.74 Å². The highest BCUT2D eigenvalue weighted by Gasteiger charge is 2.20. The van der Waals surface area contributed by atoms with E-state index >= 15 is 0 Å². The highest BCUT2D eigenvalue weighted by molar-refractivity contribution is 5.77. The quantitative estimate of drug-likeness (QED) is 0.907. The van der Waals surface area contributed by atoms with Gasteiger partial charge < -0.3 is 14.6 Å². The first kappa shape index (κ1) is 17.5. The van der Waals surface area contributed by atoms with Gasteiger partial charge >= 0.3 is 0 Å². The molecule has 1 aliphatic rings. The molecule has 1 amide bonds. The molecule has 25 heavy (non-hydrogen) atoms. The number of nitrogens with zero attached hydrogens (tertiary/aromatic N) is 3. The summed E-state index contributed by atoms with van der Waals surface area (Å²) in [4.78, 5) is 12.3. The Morgan fingerprint density at radius 1 is 1.28 bits per heavy atom. The minimum Gasteiger partial charge on any atom is -0.483 e. The van der Waals surface area contributed by atoms with Crippen LogP contribution in [0.3, 0.4) is 0 Å². The van der Waals surface area contributed by atoms with Gasteiger partial charge in [0.15, 0.2) is 12.4 Å². The fraction of sp³-hybridized carbons (Fsp3) is 0.526. The number of carbonyl (C=O) groups is 1. The second-order valence-electron chi connectivity index (χ2n) is 6.71. The molecule has 1 aliphatic heterocycles. The van der Waals surface area contributed by atoms with Crippen molar-refractivity contribution < 1.29 is 9.53 Å². The van der Waals surface area contributed by atoms with Crippen LogP contribution >= 0.6 is 0 Å². The topological polar surface area (TPSA) is 69.0 Å². The largest absolute Gasteiger partial charge is 0.483 e. The molecule has 0 unspecified atom stereocenters. The number of aryl methyl sites for hydroxylation is 2. The summed E-state index contributed by atoms with van der Waals surface area (Å²) < 4.78 is 7.83. The number of benzene rings is 1. The molecule has 0 radical (unpaired) electrons.